The molecular weight excluding hydrogens is 330 g/mol. The Kier molecular flexibility index (Phi) is 5.32. The number of rotatable bonds is 3. The Hall–Kier alpha value is -1.40. The minimum atomic E-state index is -0.202. The van der Waals surface area contributed by atoms with Crippen LogP contribution < -0.4 is 0 Å². The van der Waals surface area contributed by atoms with Crippen molar-refractivity contribution in [3.63, 3.8) is 0 Å². The van der Waals surface area contributed by atoms with Gasteiger partial charge in [-0.2, -0.15) is 5.10 Å². The molecule has 1 N–H and O–H groups in total. The number of amides is 1. The predicted molar refractivity (Wildman–Crippen MR) is 98.3 cm³/mol. The highest BCUT2D eigenvalue weighted by atomic mass is 16.5. The number of hydrogen-bond donors (Lipinski definition) is 1. The van der Waals surface area contributed by atoms with Gasteiger partial charge in [0.1, 0.15) is 0 Å². The largest absolute Gasteiger partial charge is 0.378 e. The van der Waals surface area contributed by atoms with Crippen molar-refractivity contribution >= 4 is 5.91 Å². The predicted octanol–water partition coefficient (Wildman–Crippen LogP) is 3.26. The summed E-state index contributed by atoms with van der Waals surface area (Å²) in [5, 5.41) is 7.33. The van der Waals surface area contributed by atoms with Crippen molar-refractivity contribution in [1.82, 2.24) is 15.1 Å². The van der Waals surface area contributed by atoms with E-state index < -0.39 is 0 Å². The number of methoxy groups -OCH3 is 1. The van der Waals surface area contributed by atoms with Crippen molar-refractivity contribution in [3.05, 3.63) is 17.5 Å². The van der Waals surface area contributed by atoms with Crippen molar-refractivity contribution in [3.8, 4) is 0 Å². The maximum absolute atomic E-state index is 13.1. The first-order chi connectivity index (χ1) is 12.7. The third-order valence-corrected chi connectivity index (χ3v) is 6.68. The van der Waals surface area contributed by atoms with E-state index in [1.807, 2.05) is 4.90 Å². The summed E-state index contributed by atoms with van der Waals surface area (Å²) in [6, 6.07) is 0. The fourth-order valence-corrected chi connectivity index (χ4v) is 5.13. The van der Waals surface area contributed by atoms with E-state index in [1.54, 1.807) is 13.3 Å². The van der Waals surface area contributed by atoms with Gasteiger partial charge in [-0.05, 0) is 38.5 Å². The summed E-state index contributed by atoms with van der Waals surface area (Å²) in [4.78, 5) is 15.1. The molecule has 144 valence electrons. The highest BCUT2D eigenvalue weighted by Crippen LogP contribution is 2.38. The Labute approximate surface area is 155 Å². The topological polar surface area (TPSA) is 67.5 Å². The number of H-pyrrole nitrogens is 1. The van der Waals surface area contributed by atoms with Gasteiger partial charge >= 0.3 is 0 Å². The zero-order valence-electron chi connectivity index (χ0n) is 15.8. The molecule has 4 rings (SSSR count). The van der Waals surface area contributed by atoms with Crippen LogP contribution in [0.4, 0.5) is 0 Å². The molecule has 1 aromatic rings. The van der Waals surface area contributed by atoms with Crippen LogP contribution in [0.1, 0.15) is 79.8 Å². The number of aromatic amines is 1. The van der Waals surface area contributed by atoms with Gasteiger partial charge in [0.2, 0.25) is 0 Å². The highest BCUT2D eigenvalue weighted by Gasteiger charge is 2.45. The second-order valence-corrected chi connectivity index (χ2v) is 8.10. The van der Waals surface area contributed by atoms with E-state index in [4.69, 9.17) is 9.47 Å². The third-order valence-electron chi connectivity index (χ3n) is 6.68. The van der Waals surface area contributed by atoms with Crippen LogP contribution in [-0.2, 0) is 9.47 Å². The Morgan fingerprint density at radius 3 is 2.73 bits per heavy atom. The number of nitrogens with one attached hydrogen (secondary N) is 1. The van der Waals surface area contributed by atoms with Crippen molar-refractivity contribution < 1.29 is 14.3 Å². The molecule has 0 bridgehead atoms. The van der Waals surface area contributed by atoms with Crippen LogP contribution >= 0.6 is 0 Å². The molecular formula is C20H31N3O3. The number of likely N-dealkylation sites (tertiary alicyclic amines) is 1. The van der Waals surface area contributed by atoms with Gasteiger partial charge in [0.15, 0.2) is 0 Å². The fraction of sp³-hybridized carbons (Fsp3) is 0.800. The number of aromatic nitrogens is 2. The molecule has 26 heavy (non-hydrogen) atoms. The Morgan fingerprint density at radius 1 is 1.23 bits per heavy atom. The van der Waals surface area contributed by atoms with E-state index in [9.17, 15) is 4.79 Å². The number of carbonyl (C=O) groups is 1. The number of ether oxygens (including phenoxy) is 2. The average Bonchev–Trinajstić information content (AvgIpc) is 3.19. The van der Waals surface area contributed by atoms with E-state index in [0.29, 0.717) is 5.92 Å². The number of nitrogens with zero attached hydrogens (tertiary/aromatic N) is 2. The summed E-state index contributed by atoms with van der Waals surface area (Å²) >= 11 is 0. The molecule has 6 heteroatoms. The molecule has 3 fully saturated rings. The smallest absolute Gasteiger partial charge is 0.257 e. The van der Waals surface area contributed by atoms with Gasteiger partial charge in [0.05, 0.1) is 29.2 Å². The molecule has 0 aromatic carbocycles. The fourth-order valence-electron chi connectivity index (χ4n) is 5.13. The zero-order chi connectivity index (χ0) is 18.0. The molecule has 6 nitrogen and oxygen atoms in total. The van der Waals surface area contributed by atoms with E-state index in [-0.39, 0.29) is 17.6 Å². The Bertz CT molecular complexity index is 616. The molecule has 1 amide bonds. The summed E-state index contributed by atoms with van der Waals surface area (Å²) in [5.41, 5.74) is 1.63. The molecule has 3 heterocycles. The number of piperidine rings is 1. The molecule has 1 atom stereocenters. The minimum Gasteiger partial charge on any atom is -0.378 e. The van der Waals surface area contributed by atoms with Crippen LogP contribution in [0.5, 0.6) is 0 Å². The molecule has 1 aliphatic carbocycles. The van der Waals surface area contributed by atoms with Gasteiger partial charge in [0, 0.05) is 32.7 Å². The van der Waals surface area contributed by atoms with Crippen LogP contribution in [0, 0.1) is 0 Å². The normalized spacial score (nSPS) is 27.0. The molecule has 0 unspecified atom stereocenters. The Balaban J connectivity index is 1.43. The Morgan fingerprint density at radius 2 is 2.00 bits per heavy atom. The van der Waals surface area contributed by atoms with Gasteiger partial charge in [-0.25, -0.2) is 0 Å². The molecule has 2 aliphatic heterocycles. The van der Waals surface area contributed by atoms with Gasteiger partial charge in [-0.3, -0.25) is 9.89 Å². The second kappa shape index (κ2) is 7.69. The second-order valence-electron chi connectivity index (χ2n) is 8.10. The van der Waals surface area contributed by atoms with Crippen LogP contribution in [0.3, 0.4) is 0 Å². The SMILES string of the molecule is CO[C@H]1CCCOC12CCN(C(=O)c1cn[nH]c1C1CCCCC1)CC2. The minimum absolute atomic E-state index is 0.124. The first-order valence-electron chi connectivity index (χ1n) is 10.2. The quantitative estimate of drug-likeness (QED) is 0.897. The monoisotopic (exact) mass is 361 g/mol. The average molecular weight is 361 g/mol. The first-order valence-corrected chi connectivity index (χ1v) is 10.2. The third kappa shape index (κ3) is 3.29. The van der Waals surface area contributed by atoms with Crippen molar-refractivity contribution in [1.29, 1.82) is 0 Å². The molecule has 1 saturated carbocycles. The number of carbonyl (C=O) groups excluding carboxylic acids is 1. The summed E-state index contributed by atoms with van der Waals surface area (Å²) in [5.74, 6) is 0.583. The maximum Gasteiger partial charge on any atom is 0.257 e. The van der Waals surface area contributed by atoms with Gasteiger partial charge < -0.3 is 14.4 Å². The van der Waals surface area contributed by atoms with Crippen LogP contribution in [0.15, 0.2) is 6.20 Å². The molecule has 0 radical (unpaired) electrons. The lowest BCUT2D eigenvalue weighted by molar-refractivity contribution is -0.183. The van der Waals surface area contributed by atoms with Crippen LogP contribution in [-0.4, -0.2) is 59.5 Å². The molecule has 1 aromatic heterocycles. The highest BCUT2D eigenvalue weighted by molar-refractivity contribution is 5.95. The van der Waals surface area contributed by atoms with Gasteiger partial charge in [-0.1, -0.05) is 19.3 Å². The lowest BCUT2D eigenvalue weighted by atomic mass is 9.81. The maximum atomic E-state index is 13.1. The molecule has 3 aliphatic rings. The summed E-state index contributed by atoms with van der Waals surface area (Å²) in [7, 11) is 1.78. The summed E-state index contributed by atoms with van der Waals surface area (Å²) in [6.45, 7) is 2.27. The lowest BCUT2D eigenvalue weighted by Crippen LogP contribution is -2.56. The van der Waals surface area contributed by atoms with E-state index in [1.165, 1.54) is 19.3 Å². The van der Waals surface area contributed by atoms with Gasteiger partial charge in [0.25, 0.3) is 5.91 Å². The van der Waals surface area contributed by atoms with Crippen LogP contribution in [0.2, 0.25) is 0 Å². The van der Waals surface area contributed by atoms with Crippen molar-refractivity contribution in [2.24, 2.45) is 0 Å². The van der Waals surface area contributed by atoms with E-state index in [2.05, 4.69) is 10.2 Å². The standard InChI is InChI=1S/C20H31N3O3/c1-25-17-8-5-13-26-20(17)9-11-23(12-10-20)19(24)16-14-21-22-18(16)15-6-3-2-4-7-15/h14-15,17H,2-13H2,1H3,(H,21,22)/t17-/m0/s1. The van der Waals surface area contributed by atoms with E-state index in [0.717, 1.165) is 69.5 Å². The zero-order valence-corrected chi connectivity index (χ0v) is 15.8. The van der Waals surface area contributed by atoms with Crippen molar-refractivity contribution in [2.45, 2.75) is 75.4 Å². The molecule has 1 spiro atoms. The molecule has 2 saturated heterocycles. The van der Waals surface area contributed by atoms with E-state index >= 15 is 0 Å². The number of hydrogen-bond acceptors (Lipinski definition) is 4. The van der Waals surface area contributed by atoms with Crippen molar-refractivity contribution in [2.75, 3.05) is 26.8 Å². The summed E-state index contributed by atoms with van der Waals surface area (Å²) < 4.78 is 11.9. The first kappa shape index (κ1) is 18.0. The summed E-state index contributed by atoms with van der Waals surface area (Å²) in [6.07, 6.45) is 11.8. The van der Waals surface area contributed by atoms with Crippen LogP contribution in [0.25, 0.3) is 0 Å². The van der Waals surface area contributed by atoms with Gasteiger partial charge in [-0.15, -0.1) is 0 Å². The lowest BCUT2D eigenvalue weighted by Gasteiger charge is -2.48.